The van der Waals surface area contributed by atoms with Gasteiger partial charge < -0.3 is 10.1 Å². The summed E-state index contributed by atoms with van der Waals surface area (Å²) in [6.45, 7) is 2.73. The number of hydrogen-bond acceptors (Lipinski definition) is 6. The van der Waals surface area contributed by atoms with Crippen molar-refractivity contribution in [2.45, 2.75) is 18.2 Å². The van der Waals surface area contributed by atoms with Crippen LogP contribution in [0.5, 0.6) is 5.75 Å². The maximum atomic E-state index is 5.50. The summed E-state index contributed by atoms with van der Waals surface area (Å²) in [5, 5.41) is 3.36. The van der Waals surface area contributed by atoms with Crippen LogP contribution in [-0.2, 0) is 6.42 Å². The van der Waals surface area contributed by atoms with Gasteiger partial charge in [-0.05, 0) is 49.4 Å². The van der Waals surface area contributed by atoms with Gasteiger partial charge in [0.2, 0.25) is 0 Å². The van der Waals surface area contributed by atoms with E-state index in [-0.39, 0.29) is 0 Å². The Bertz CT molecular complexity index is 868. The fourth-order valence-corrected chi connectivity index (χ4v) is 3.04. The number of aryl methyl sites for hydroxylation is 1. The number of hydrogen-bond donors (Lipinski definition) is 1. The van der Waals surface area contributed by atoms with E-state index in [1.54, 1.807) is 25.2 Å². The average molecular weight is 366 g/mol. The predicted molar refractivity (Wildman–Crippen MR) is 107 cm³/mol. The van der Waals surface area contributed by atoms with Gasteiger partial charge in [0.05, 0.1) is 12.8 Å². The molecule has 0 saturated carbocycles. The molecular weight excluding hydrogens is 344 g/mol. The molecule has 5 nitrogen and oxygen atoms in total. The first-order valence-corrected chi connectivity index (χ1v) is 9.62. The Morgan fingerprint density at radius 1 is 1.08 bits per heavy atom. The normalized spacial score (nSPS) is 10.6. The van der Waals surface area contributed by atoms with E-state index in [2.05, 4.69) is 44.7 Å². The van der Waals surface area contributed by atoms with Gasteiger partial charge in [0, 0.05) is 35.0 Å². The highest BCUT2D eigenvalue weighted by atomic mass is 32.2. The molecule has 26 heavy (non-hydrogen) atoms. The van der Waals surface area contributed by atoms with E-state index >= 15 is 0 Å². The summed E-state index contributed by atoms with van der Waals surface area (Å²) in [6, 6.07) is 12.3. The predicted octanol–water partition coefficient (Wildman–Crippen LogP) is 4.23. The molecule has 0 aliphatic rings. The van der Waals surface area contributed by atoms with E-state index < -0.39 is 0 Å². The van der Waals surface area contributed by atoms with Crippen molar-refractivity contribution in [2.24, 2.45) is 0 Å². The molecule has 1 N–H and O–H groups in total. The van der Waals surface area contributed by atoms with Crippen molar-refractivity contribution in [1.29, 1.82) is 0 Å². The van der Waals surface area contributed by atoms with Gasteiger partial charge in [-0.15, -0.1) is 11.8 Å². The highest BCUT2D eigenvalue weighted by Crippen LogP contribution is 2.26. The van der Waals surface area contributed by atoms with Gasteiger partial charge in [-0.25, -0.2) is 9.97 Å². The standard InChI is InChI=1S/C20H22N4OS/c1-14-4-5-16(12-22-14)18-11-20(24-13-23-18)21-9-8-15-6-7-17(26-3)10-19(15)25-2/h4-7,10-13H,8-9H2,1-3H3,(H,21,23,24). The Morgan fingerprint density at radius 3 is 2.69 bits per heavy atom. The zero-order chi connectivity index (χ0) is 18.4. The van der Waals surface area contributed by atoms with Gasteiger partial charge in [-0.1, -0.05) is 6.07 Å². The SMILES string of the molecule is COc1cc(SC)ccc1CCNc1cc(-c2ccc(C)nc2)ncn1. The molecule has 0 atom stereocenters. The monoisotopic (exact) mass is 366 g/mol. The zero-order valence-electron chi connectivity index (χ0n) is 15.2. The molecule has 0 amide bonds. The molecule has 0 unspecified atom stereocenters. The second kappa shape index (κ2) is 8.67. The molecule has 3 aromatic rings. The summed E-state index contributed by atoms with van der Waals surface area (Å²) in [5.74, 6) is 1.73. The molecule has 0 bridgehead atoms. The summed E-state index contributed by atoms with van der Waals surface area (Å²) in [6.07, 6.45) is 6.32. The molecule has 1 aromatic carbocycles. The fourth-order valence-electron chi connectivity index (χ4n) is 2.61. The fraction of sp³-hybridized carbons (Fsp3) is 0.250. The second-order valence-corrected chi connectivity index (χ2v) is 6.71. The van der Waals surface area contributed by atoms with E-state index in [1.165, 1.54) is 10.5 Å². The van der Waals surface area contributed by atoms with Crippen LogP contribution in [0.3, 0.4) is 0 Å². The van der Waals surface area contributed by atoms with Crippen LogP contribution in [0.15, 0.2) is 53.8 Å². The van der Waals surface area contributed by atoms with Crippen molar-refractivity contribution in [3.63, 3.8) is 0 Å². The summed E-state index contributed by atoms with van der Waals surface area (Å²) in [5.41, 5.74) is 4.00. The molecule has 0 aliphatic carbocycles. The first-order valence-electron chi connectivity index (χ1n) is 8.39. The number of benzene rings is 1. The number of methoxy groups -OCH3 is 1. The van der Waals surface area contributed by atoms with Crippen LogP contribution >= 0.6 is 11.8 Å². The summed E-state index contributed by atoms with van der Waals surface area (Å²) in [7, 11) is 1.71. The van der Waals surface area contributed by atoms with Crippen molar-refractivity contribution < 1.29 is 4.74 Å². The van der Waals surface area contributed by atoms with Crippen molar-refractivity contribution in [3.8, 4) is 17.0 Å². The first kappa shape index (κ1) is 18.2. The largest absolute Gasteiger partial charge is 0.496 e. The Morgan fingerprint density at radius 2 is 1.96 bits per heavy atom. The van der Waals surface area contributed by atoms with Gasteiger partial charge in [-0.2, -0.15) is 0 Å². The second-order valence-electron chi connectivity index (χ2n) is 5.83. The average Bonchev–Trinajstić information content (AvgIpc) is 2.69. The quantitative estimate of drug-likeness (QED) is 0.632. The Balaban J connectivity index is 1.65. The number of ether oxygens (including phenoxy) is 1. The lowest BCUT2D eigenvalue weighted by molar-refractivity contribution is 0.409. The van der Waals surface area contributed by atoms with E-state index in [1.807, 2.05) is 31.3 Å². The number of anilines is 1. The minimum absolute atomic E-state index is 0.761. The Kier molecular flexibility index (Phi) is 6.07. The van der Waals surface area contributed by atoms with E-state index in [4.69, 9.17) is 4.74 Å². The third kappa shape index (κ3) is 4.52. The summed E-state index contributed by atoms with van der Waals surface area (Å²) < 4.78 is 5.50. The molecule has 0 fully saturated rings. The molecule has 0 aliphatic heterocycles. The molecule has 134 valence electrons. The minimum Gasteiger partial charge on any atom is -0.496 e. The van der Waals surface area contributed by atoms with Crippen LogP contribution in [0.2, 0.25) is 0 Å². The van der Waals surface area contributed by atoms with Gasteiger partial charge in [-0.3, -0.25) is 4.98 Å². The number of nitrogens with one attached hydrogen (secondary N) is 1. The molecular formula is C20H22N4OS. The third-order valence-corrected chi connectivity index (χ3v) is 4.79. The lowest BCUT2D eigenvalue weighted by atomic mass is 10.1. The third-order valence-electron chi connectivity index (χ3n) is 4.07. The maximum Gasteiger partial charge on any atom is 0.129 e. The van der Waals surface area contributed by atoms with Crippen LogP contribution in [0, 0.1) is 6.92 Å². The van der Waals surface area contributed by atoms with Crippen LogP contribution in [0.1, 0.15) is 11.3 Å². The smallest absolute Gasteiger partial charge is 0.129 e. The zero-order valence-corrected chi connectivity index (χ0v) is 16.0. The minimum atomic E-state index is 0.761. The summed E-state index contributed by atoms with van der Waals surface area (Å²) >= 11 is 1.71. The summed E-state index contributed by atoms with van der Waals surface area (Å²) in [4.78, 5) is 14.2. The van der Waals surface area contributed by atoms with Crippen LogP contribution in [0.25, 0.3) is 11.3 Å². The van der Waals surface area contributed by atoms with Crippen LogP contribution in [-0.4, -0.2) is 34.9 Å². The number of rotatable bonds is 7. The van der Waals surface area contributed by atoms with Gasteiger partial charge >= 0.3 is 0 Å². The van der Waals surface area contributed by atoms with Crippen LogP contribution < -0.4 is 10.1 Å². The van der Waals surface area contributed by atoms with E-state index in [9.17, 15) is 0 Å². The molecule has 6 heteroatoms. The maximum absolute atomic E-state index is 5.50. The topological polar surface area (TPSA) is 59.9 Å². The van der Waals surface area contributed by atoms with Crippen molar-refractivity contribution in [3.05, 3.63) is 60.2 Å². The van der Waals surface area contributed by atoms with Gasteiger partial charge in [0.25, 0.3) is 0 Å². The number of nitrogens with zero attached hydrogens (tertiary/aromatic N) is 3. The van der Waals surface area contributed by atoms with E-state index in [0.29, 0.717) is 0 Å². The van der Waals surface area contributed by atoms with Crippen molar-refractivity contribution in [2.75, 3.05) is 25.2 Å². The van der Waals surface area contributed by atoms with Crippen molar-refractivity contribution in [1.82, 2.24) is 15.0 Å². The molecule has 0 saturated heterocycles. The molecule has 0 radical (unpaired) electrons. The Hall–Kier alpha value is -2.60. The molecule has 0 spiro atoms. The first-order chi connectivity index (χ1) is 12.7. The van der Waals surface area contributed by atoms with Gasteiger partial charge in [0.15, 0.2) is 0 Å². The highest BCUT2D eigenvalue weighted by Gasteiger charge is 2.06. The Labute approximate surface area is 158 Å². The van der Waals surface area contributed by atoms with Gasteiger partial charge in [0.1, 0.15) is 17.9 Å². The highest BCUT2D eigenvalue weighted by molar-refractivity contribution is 7.98. The number of aromatic nitrogens is 3. The molecule has 3 rings (SSSR count). The lowest BCUT2D eigenvalue weighted by Crippen LogP contribution is -2.07. The van der Waals surface area contributed by atoms with E-state index in [0.717, 1.165) is 41.5 Å². The van der Waals surface area contributed by atoms with Crippen LogP contribution in [0.4, 0.5) is 5.82 Å². The molecule has 2 heterocycles. The number of pyridine rings is 1. The lowest BCUT2D eigenvalue weighted by Gasteiger charge is -2.11. The molecule has 2 aromatic heterocycles. The van der Waals surface area contributed by atoms with Crippen molar-refractivity contribution >= 4 is 17.6 Å². The number of thioether (sulfide) groups is 1.